The van der Waals surface area contributed by atoms with E-state index in [0.717, 1.165) is 48.5 Å². The number of para-hydroxylation sites is 2. The molecule has 0 heterocycles. The van der Waals surface area contributed by atoms with Gasteiger partial charge < -0.3 is 0 Å². The lowest BCUT2D eigenvalue weighted by Gasteiger charge is -2.14. The van der Waals surface area contributed by atoms with Crippen molar-refractivity contribution in [1.29, 1.82) is 0 Å². The summed E-state index contributed by atoms with van der Waals surface area (Å²) >= 11 is 0. The third kappa shape index (κ3) is 4.72. The molecule has 156 valence electrons. The van der Waals surface area contributed by atoms with E-state index in [1.54, 1.807) is 0 Å². The molecule has 9 nitrogen and oxygen atoms in total. The second kappa shape index (κ2) is 8.08. The van der Waals surface area contributed by atoms with Gasteiger partial charge in [-0.05, 0) is 48.5 Å². The van der Waals surface area contributed by atoms with Crippen LogP contribution in [0.1, 0.15) is 0 Å². The molecular formula is C18H14FN3O6S2. The summed E-state index contributed by atoms with van der Waals surface area (Å²) in [7, 11) is -8.28. The summed E-state index contributed by atoms with van der Waals surface area (Å²) in [6.45, 7) is 0. The molecule has 0 saturated carbocycles. The van der Waals surface area contributed by atoms with Crippen molar-refractivity contribution in [2.75, 3.05) is 9.44 Å². The number of sulfonamides is 2. The SMILES string of the molecule is O=[N+]([O-])c1ccc(S(=O)(=O)Nc2ccccc2NS(=O)(=O)c2ccc(F)cc2)cc1. The molecule has 0 amide bonds. The summed E-state index contributed by atoms with van der Waals surface area (Å²) in [5.41, 5.74) is -0.407. The Balaban J connectivity index is 1.89. The maximum absolute atomic E-state index is 13.1. The molecule has 3 aromatic rings. The van der Waals surface area contributed by atoms with Gasteiger partial charge in [0.1, 0.15) is 5.82 Å². The highest BCUT2D eigenvalue weighted by molar-refractivity contribution is 7.93. The fraction of sp³-hybridized carbons (Fsp3) is 0. The van der Waals surface area contributed by atoms with Gasteiger partial charge in [-0.15, -0.1) is 0 Å². The highest BCUT2D eigenvalue weighted by Gasteiger charge is 2.20. The lowest BCUT2D eigenvalue weighted by Crippen LogP contribution is -2.17. The average Bonchev–Trinajstić information content (AvgIpc) is 2.69. The van der Waals surface area contributed by atoms with Crippen LogP contribution in [0.2, 0.25) is 0 Å². The van der Waals surface area contributed by atoms with Crippen LogP contribution in [0.4, 0.5) is 21.5 Å². The van der Waals surface area contributed by atoms with Crippen LogP contribution in [-0.2, 0) is 20.0 Å². The molecule has 0 atom stereocenters. The van der Waals surface area contributed by atoms with Crippen LogP contribution in [-0.4, -0.2) is 21.8 Å². The Morgan fingerprint density at radius 3 is 1.50 bits per heavy atom. The Kier molecular flexibility index (Phi) is 5.71. The number of rotatable bonds is 7. The van der Waals surface area contributed by atoms with Crippen molar-refractivity contribution in [3.63, 3.8) is 0 Å². The minimum atomic E-state index is -4.16. The van der Waals surface area contributed by atoms with Crippen LogP contribution >= 0.6 is 0 Å². The molecule has 30 heavy (non-hydrogen) atoms. The molecule has 0 radical (unpaired) electrons. The van der Waals surface area contributed by atoms with Crippen LogP contribution in [0.25, 0.3) is 0 Å². The number of nitrogens with one attached hydrogen (secondary N) is 2. The van der Waals surface area contributed by atoms with Gasteiger partial charge in [-0.25, -0.2) is 21.2 Å². The Labute approximate surface area is 171 Å². The molecule has 0 fully saturated rings. The minimum absolute atomic E-state index is 0.0627. The van der Waals surface area contributed by atoms with Crippen LogP contribution in [0.3, 0.4) is 0 Å². The first-order valence-corrected chi connectivity index (χ1v) is 11.2. The zero-order valence-corrected chi connectivity index (χ0v) is 16.7. The number of non-ortho nitro benzene ring substituents is 1. The molecule has 0 spiro atoms. The van der Waals surface area contributed by atoms with Crippen LogP contribution in [0, 0.1) is 15.9 Å². The van der Waals surface area contributed by atoms with E-state index in [1.807, 2.05) is 0 Å². The fourth-order valence-electron chi connectivity index (χ4n) is 2.43. The van der Waals surface area contributed by atoms with Crippen molar-refractivity contribution in [3.05, 3.63) is 88.7 Å². The van der Waals surface area contributed by atoms with Crippen molar-refractivity contribution in [3.8, 4) is 0 Å². The predicted octanol–water partition coefficient (Wildman–Crippen LogP) is 3.34. The normalized spacial score (nSPS) is 11.6. The Hall–Kier alpha value is -3.51. The van der Waals surface area contributed by atoms with E-state index in [9.17, 15) is 31.3 Å². The first-order chi connectivity index (χ1) is 14.1. The first kappa shape index (κ1) is 21.2. The number of hydrogen-bond donors (Lipinski definition) is 2. The third-order valence-corrected chi connectivity index (χ3v) is 6.66. The Morgan fingerprint density at radius 2 is 1.10 bits per heavy atom. The molecule has 0 aliphatic heterocycles. The summed E-state index contributed by atoms with van der Waals surface area (Å²) in [5.74, 6) is -0.606. The molecule has 2 N–H and O–H groups in total. The summed E-state index contributed by atoms with van der Waals surface area (Å²) in [4.78, 5) is 9.60. The van der Waals surface area contributed by atoms with Crippen molar-refractivity contribution in [2.45, 2.75) is 9.79 Å². The van der Waals surface area contributed by atoms with Gasteiger partial charge in [0, 0.05) is 12.1 Å². The van der Waals surface area contributed by atoms with Crippen molar-refractivity contribution in [2.24, 2.45) is 0 Å². The van der Waals surface area contributed by atoms with E-state index >= 15 is 0 Å². The van der Waals surface area contributed by atoms with E-state index in [0.29, 0.717) is 0 Å². The van der Waals surface area contributed by atoms with Gasteiger partial charge in [0.05, 0.1) is 26.1 Å². The van der Waals surface area contributed by atoms with Gasteiger partial charge in [-0.2, -0.15) is 0 Å². The average molecular weight is 451 g/mol. The van der Waals surface area contributed by atoms with Crippen LogP contribution in [0.5, 0.6) is 0 Å². The molecular weight excluding hydrogens is 437 g/mol. The Morgan fingerprint density at radius 1 is 0.700 bits per heavy atom. The van der Waals surface area contributed by atoms with Gasteiger partial charge in [-0.1, -0.05) is 12.1 Å². The minimum Gasteiger partial charge on any atom is -0.277 e. The number of halogens is 1. The zero-order chi connectivity index (χ0) is 21.9. The maximum atomic E-state index is 13.1. The topological polar surface area (TPSA) is 135 Å². The van der Waals surface area contributed by atoms with Gasteiger partial charge >= 0.3 is 0 Å². The molecule has 0 unspecified atom stereocenters. The molecule has 0 aliphatic rings. The van der Waals surface area contributed by atoms with E-state index in [2.05, 4.69) is 9.44 Å². The van der Waals surface area contributed by atoms with Crippen molar-refractivity contribution < 1.29 is 26.1 Å². The first-order valence-electron chi connectivity index (χ1n) is 8.23. The summed E-state index contributed by atoms with van der Waals surface area (Å²) in [6.07, 6.45) is 0. The third-order valence-electron chi connectivity index (χ3n) is 3.90. The molecule has 0 aromatic heterocycles. The van der Waals surface area contributed by atoms with Gasteiger partial charge in [-0.3, -0.25) is 19.6 Å². The molecule has 3 rings (SSSR count). The molecule has 12 heteroatoms. The number of nitrogens with zero attached hydrogens (tertiary/aromatic N) is 1. The van der Waals surface area contributed by atoms with E-state index in [1.165, 1.54) is 24.3 Å². The zero-order valence-electron chi connectivity index (χ0n) is 15.0. The number of anilines is 2. The predicted molar refractivity (Wildman–Crippen MR) is 108 cm³/mol. The van der Waals surface area contributed by atoms with Gasteiger partial charge in [0.15, 0.2) is 0 Å². The second-order valence-electron chi connectivity index (χ2n) is 5.96. The van der Waals surface area contributed by atoms with E-state index < -0.39 is 30.8 Å². The second-order valence-corrected chi connectivity index (χ2v) is 9.33. The van der Waals surface area contributed by atoms with Gasteiger partial charge in [0.2, 0.25) is 0 Å². The van der Waals surface area contributed by atoms with Crippen molar-refractivity contribution >= 4 is 37.1 Å². The standard InChI is InChI=1S/C18H14FN3O6S2/c19-13-5-9-15(10-6-13)29(25,26)20-17-3-1-2-4-18(17)21-30(27,28)16-11-7-14(8-12-16)22(23)24/h1-12,20-21H. The maximum Gasteiger partial charge on any atom is 0.269 e. The molecule has 0 saturated heterocycles. The Bertz CT molecular complexity index is 1290. The lowest BCUT2D eigenvalue weighted by molar-refractivity contribution is -0.384. The number of benzene rings is 3. The van der Waals surface area contributed by atoms with E-state index in [-0.39, 0.29) is 26.9 Å². The van der Waals surface area contributed by atoms with E-state index in [4.69, 9.17) is 0 Å². The van der Waals surface area contributed by atoms with Gasteiger partial charge in [0.25, 0.3) is 25.7 Å². The summed E-state index contributed by atoms with van der Waals surface area (Å²) in [6, 6.07) is 14.0. The fourth-order valence-corrected chi connectivity index (χ4v) is 4.59. The number of hydrogen-bond acceptors (Lipinski definition) is 6. The summed E-state index contributed by atoms with van der Waals surface area (Å²) < 4.78 is 67.8. The van der Waals surface area contributed by atoms with Crippen LogP contribution in [0.15, 0.2) is 82.6 Å². The monoisotopic (exact) mass is 451 g/mol. The molecule has 0 bridgehead atoms. The highest BCUT2D eigenvalue weighted by atomic mass is 32.2. The molecule has 3 aromatic carbocycles. The largest absolute Gasteiger partial charge is 0.277 e. The molecule has 0 aliphatic carbocycles. The number of nitro benzene ring substituents is 1. The smallest absolute Gasteiger partial charge is 0.269 e. The van der Waals surface area contributed by atoms with Crippen molar-refractivity contribution in [1.82, 2.24) is 0 Å². The number of nitro groups is 1. The quantitative estimate of drug-likeness (QED) is 0.418. The lowest BCUT2D eigenvalue weighted by atomic mass is 10.3. The highest BCUT2D eigenvalue weighted by Crippen LogP contribution is 2.27. The summed E-state index contributed by atoms with van der Waals surface area (Å²) in [5, 5.41) is 10.7. The van der Waals surface area contributed by atoms with Crippen LogP contribution < -0.4 is 9.44 Å².